The number of benzene rings is 3. The fraction of sp³-hybridized carbons (Fsp3) is 0.214. The Hall–Kier alpha value is -4.24. The predicted molar refractivity (Wildman–Crippen MR) is 137 cm³/mol. The number of carboxylic acid groups (broad SMARTS) is 1. The molecule has 190 valence electrons. The number of nitrogens with zero attached hydrogens (tertiary/aromatic N) is 3. The molecule has 1 aromatic heterocycles. The average Bonchev–Trinajstić information content (AvgIpc) is 2.90. The first-order chi connectivity index (χ1) is 17.8. The number of carboxylic acids is 1. The Balaban J connectivity index is 1.46. The van der Waals surface area contributed by atoms with Gasteiger partial charge in [-0.2, -0.15) is 0 Å². The second kappa shape index (κ2) is 10.0. The molecule has 4 aromatic rings. The molecule has 0 radical (unpaired) electrons. The molecule has 7 nitrogen and oxygen atoms in total. The topological polar surface area (TPSA) is 75.0 Å². The fourth-order valence-electron chi connectivity index (χ4n) is 4.68. The lowest BCUT2D eigenvalue weighted by Gasteiger charge is -2.36. The van der Waals surface area contributed by atoms with Crippen LogP contribution in [0.5, 0.6) is 5.75 Å². The minimum absolute atomic E-state index is 0.0522. The molecule has 37 heavy (non-hydrogen) atoms. The largest absolute Gasteiger partial charge is 0.497 e. The van der Waals surface area contributed by atoms with Gasteiger partial charge in [0, 0.05) is 50.0 Å². The van der Waals surface area contributed by atoms with Crippen molar-refractivity contribution in [3.8, 4) is 11.4 Å². The number of methoxy groups -OCH3 is 1. The van der Waals surface area contributed by atoms with Crippen molar-refractivity contribution in [1.82, 2.24) is 9.47 Å². The first-order valence-corrected chi connectivity index (χ1v) is 11.8. The Morgan fingerprint density at radius 2 is 1.65 bits per heavy atom. The summed E-state index contributed by atoms with van der Waals surface area (Å²) in [5, 5.41) is 9.49. The number of hydrogen-bond acceptors (Lipinski definition) is 5. The van der Waals surface area contributed by atoms with Crippen LogP contribution in [0.4, 0.5) is 14.5 Å². The molecule has 1 N–H and O–H groups in total. The molecule has 0 spiro atoms. The number of carbonyl (C=O) groups is 1. The highest BCUT2D eigenvalue weighted by Crippen LogP contribution is 2.28. The summed E-state index contributed by atoms with van der Waals surface area (Å²) in [6.45, 7) is 3.34. The lowest BCUT2D eigenvalue weighted by Crippen LogP contribution is -2.46. The molecule has 0 atom stereocenters. The summed E-state index contributed by atoms with van der Waals surface area (Å²) >= 11 is 0. The van der Waals surface area contributed by atoms with E-state index >= 15 is 4.39 Å². The molecule has 0 unspecified atom stereocenters. The summed E-state index contributed by atoms with van der Waals surface area (Å²) in [7, 11) is 1.63. The van der Waals surface area contributed by atoms with E-state index in [1.54, 1.807) is 13.2 Å². The van der Waals surface area contributed by atoms with E-state index in [2.05, 4.69) is 4.90 Å². The van der Waals surface area contributed by atoms with E-state index in [9.17, 15) is 19.1 Å². The standard InChI is InChI=1S/C28H25F2N3O4/c1-37-21-8-2-18(3-9-21)16-31-10-12-32(13-11-31)26-15-25-22(14-24(26)30)27(34)23(28(35)36)17-33(25)20-6-4-19(29)5-7-20/h2-9,14-15,17H,10-13,16H2,1H3,(H,35,36). The van der Waals surface area contributed by atoms with Crippen LogP contribution >= 0.6 is 0 Å². The van der Waals surface area contributed by atoms with Gasteiger partial charge in [-0.15, -0.1) is 0 Å². The van der Waals surface area contributed by atoms with Crippen molar-refractivity contribution in [2.75, 3.05) is 38.2 Å². The summed E-state index contributed by atoms with van der Waals surface area (Å²) in [5.74, 6) is -1.66. The minimum atomic E-state index is -1.42. The van der Waals surface area contributed by atoms with Crippen molar-refractivity contribution in [2.45, 2.75) is 6.54 Å². The molecule has 0 amide bonds. The Morgan fingerprint density at radius 3 is 2.27 bits per heavy atom. The maximum atomic E-state index is 15.3. The third-order valence-corrected chi connectivity index (χ3v) is 6.69. The summed E-state index contributed by atoms with van der Waals surface area (Å²) in [5.41, 5.74) is 1.03. The van der Waals surface area contributed by atoms with Gasteiger partial charge in [-0.25, -0.2) is 13.6 Å². The maximum absolute atomic E-state index is 15.3. The number of aromatic nitrogens is 1. The second-order valence-corrected chi connectivity index (χ2v) is 8.96. The van der Waals surface area contributed by atoms with Crippen molar-refractivity contribution < 1.29 is 23.4 Å². The number of fused-ring (bicyclic) bond motifs is 1. The molecule has 9 heteroatoms. The van der Waals surface area contributed by atoms with Crippen LogP contribution in [-0.4, -0.2) is 53.8 Å². The van der Waals surface area contributed by atoms with Gasteiger partial charge in [0.05, 0.1) is 18.3 Å². The van der Waals surface area contributed by atoms with Gasteiger partial charge < -0.3 is 19.3 Å². The molecular weight excluding hydrogens is 480 g/mol. The Bertz CT molecular complexity index is 1510. The third-order valence-electron chi connectivity index (χ3n) is 6.69. The number of hydrogen-bond donors (Lipinski definition) is 1. The van der Waals surface area contributed by atoms with Crippen molar-refractivity contribution in [1.29, 1.82) is 0 Å². The van der Waals surface area contributed by atoms with Crippen LogP contribution in [-0.2, 0) is 6.54 Å². The molecule has 1 aliphatic rings. The molecule has 0 bridgehead atoms. The first-order valence-electron chi connectivity index (χ1n) is 11.8. The third kappa shape index (κ3) is 4.90. The SMILES string of the molecule is COc1ccc(CN2CCN(c3cc4c(cc3F)c(=O)c(C(=O)O)cn4-c3ccc(F)cc3)CC2)cc1. The number of rotatable bonds is 6. The van der Waals surface area contributed by atoms with Crippen LogP contribution in [0.25, 0.3) is 16.6 Å². The van der Waals surface area contributed by atoms with Crippen LogP contribution in [0.1, 0.15) is 15.9 Å². The lowest BCUT2D eigenvalue weighted by atomic mass is 10.1. The predicted octanol–water partition coefficient (Wildman–Crippen LogP) is 4.30. The van der Waals surface area contributed by atoms with Gasteiger partial charge in [-0.3, -0.25) is 9.69 Å². The molecule has 1 saturated heterocycles. The van der Waals surface area contributed by atoms with E-state index in [4.69, 9.17) is 4.74 Å². The molecular formula is C28H25F2N3O4. The summed E-state index contributed by atoms with van der Waals surface area (Å²) in [6.07, 6.45) is 1.20. The van der Waals surface area contributed by atoms with Gasteiger partial charge in [0.1, 0.15) is 22.9 Å². The van der Waals surface area contributed by atoms with Gasteiger partial charge >= 0.3 is 5.97 Å². The lowest BCUT2D eigenvalue weighted by molar-refractivity contribution is 0.0695. The highest BCUT2D eigenvalue weighted by atomic mass is 19.1. The summed E-state index contributed by atoms with van der Waals surface area (Å²) < 4.78 is 35.5. The van der Waals surface area contributed by atoms with Crippen LogP contribution in [0.15, 0.2) is 71.7 Å². The fourth-order valence-corrected chi connectivity index (χ4v) is 4.68. The molecule has 5 rings (SSSR count). The number of piperazine rings is 1. The maximum Gasteiger partial charge on any atom is 0.341 e. The zero-order valence-electron chi connectivity index (χ0n) is 20.2. The van der Waals surface area contributed by atoms with Gasteiger partial charge in [-0.05, 0) is 54.1 Å². The minimum Gasteiger partial charge on any atom is -0.497 e. The highest BCUT2D eigenvalue weighted by molar-refractivity contribution is 5.94. The molecule has 0 saturated carbocycles. The number of halogens is 2. The molecule has 0 aliphatic carbocycles. The van der Waals surface area contributed by atoms with Crippen molar-refractivity contribution in [3.63, 3.8) is 0 Å². The Kier molecular flexibility index (Phi) is 6.62. The van der Waals surface area contributed by atoms with E-state index < -0.39 is 28.6 Å². The highest BCUT2D eigenvalue weighted by Gasteiger charge is 2.23. The van der Waals surface area contributed by atoms with Crippen molar-refractivity contribution in [2.24, 2.45) is 0 Å². The van der Waals surface area contributed by atoms with E-state index in [1.165, 1.54) is 35.0 Å². The summed E-state index contributed by atoms with van der Waals surface area (Å²) in [6, 6.07) is 16.0. The van der Waals surface area contributed by atoms with E-state index in [0.29, 0.717) is 43.1 Å². The smallest absolute Gasteiger partial charge is 0.341 e. The normalized spacial score (nSPS) is 14.2. The van der Waals surface area contributed by atoms with Crippen LogP contribution in [0, 0.1) is 11.6 Å². The molecule has 1 fully saturated rings. The van der Waals surface area contributed by atoms with E-state index in [0.717, 1.165) is 23.9 Å². The van der Waals surface area contributed by atoms with Crippen LogP contribution < -0.4 is 15.1 Å². The second-order valence-electron chi connectivity index (χ2n) is 8.96. The van der Waals surface area contributed by atoms with E-state index in [-0.39, 0.29) is 5.39 Å². The number of ether oxygens (including phenoxy) is 1. The Labute approximate surface area is 211 Å². The number of aromatic carboxylic acids is 1. The van der Waals surface area contributed by atoms with Gasteiger partial charge in [0.25, 0.3) is 0 Å². The van der Waals surface area contributed by atoms with Crippen molar-refractivity contribution >= 4 is 22.6 Å². The quantitative estimate of drug-likeness (QED) is 0.421. The van der Waals surface area contributed by atoms with Crippen LogP contribution in [0.3, 0.4) is 0 Å². The first kappa shape index (κ1) is 24.5. The van der Waals surface area contributed by atoms with Gasteiger partial charge in [0.15, 0.2) is 0 Å². The zero-order valence-corrected chi connectivity index (χ0v) is 20.2. The monoisotopic (exact) mass is 505 g/mol. The van der Waals surface area contributed by atoms with Gasteiger partial charge in [0.2, 0.25) is 5.43 Å². The molecule has 1 aliphatic heterocycles. The summed E-state index contributed by atoms with van der Waals surface area (Å²) in [4.78, 5) is 28.8. The Morgan fingerprint density at radius 1 is 0.973 bits per heavy atom. The van der Waals surface area contributed by atoms with Crippen LogP contribution in [0.2, 0.25) is 0 Å². The van der Waals surface area contributed by atoms with Gasteiger partial charge in [-0.1, -0.05) is 12.1 Å². The van der Waals surface area contributed by atoms with E-state index in [1.807, 2.05) is 29.2 Å². The average molecular weight is 506 g/mol. The number of anilines is 1. The zero-order chi connectivity index (χ0) is 26.1. The number of pyridine rings is 1. The molecule has 3 aromatic carbocycles. The molecule has 2 heterocycles. The van der Waals surface area contributed by atoms with Crippen molar-refractivity contribution in [3.05, 3.63) is 99.8 Å².